The fraction of sp³-hybridized carbons (Fsp3) is 0.227. The molecule has 3 heterocycles. The largest absolute Gasteiger partial charge is 0.438 e. The van der Waals surface area contributed by atoms with Gasteiger partial charge in [0, 0.05) is 23.7 Å². The van der Waals surface area contributed by atoms with Crippen molar-refractivity contribution < 1.29 is 14.3 Å². The van der Waals surface area contributed by atoms with Gasteiger partial charge in [0.05, 0.1) is 16.9 Å². The molecule has 162 valence electrons. The Hall–Kier alpha value is -3.79. The smallest absolute Gasteiger partial charge is 0.267 e. The van der Waals surface area contributed by atoms with E-state index in [1.807, 2.05) is 13.8 Å². The minimum atomic E-state index is -0.205. The fourth-order valence-electron chi connectivity index (χ4n) is 3.24. The Balaban J connectivity index is 1.29. The molecule has 2 amide bonds. The first-order valence-corrected chi connectivity index (χ1v) is 11.0. The fourth-order valence-corrected chi connectivity index (χ4v) is 4.06. The lowest BCUT2D eigenvalue weighted by Gasteiger charge is -2.08. The Morgan fingerprint density at radius 3 is 2.72 bits per heavy atom. The second-order valence-electron chi connectivity index (χ2n) is 7.60. The predicted octanol–water partition coefficient (Wildman–Crippen LogP) is 4.20. The van der Waals surface area contributed by atoms with E-state index < -0.39 is 0 Å². The van der Waals surface area contributed by atoms with Crippen molar-refractivity contribution in [1.29, 1.82) is 0 Å². The summed E-state index contributed by atoms with van der Waals surface area (Å²) in [5.74, 6) is 1.23. The van der Waals surface area contributed by atoms with Gasteiger partial charge in [-0.1, -0.05) is 6.07 Å². The van der Waals surface area contributed by atoms with E-state index in [1.54, 1.807) is 47.1 Å². The number of hydrogen-bond acceptors (Lipinski definition) is 7. The van der Waals surface area contributed by atoms with Crippen LogP contribution in [0.4, 0.5) is 11.5 Å². The van der Waals surface area contributed by atoms with Gasteiger partial charge >= 0.3 is 0 Å². The molecule has 10 heteroatoms. The van der Waals surface area contributed by atoms with Crippen LogP contribution in [0.25, 0.3) is 5.65 Å². The van der Waals surface area contributed by atoms with Crippen molar-refractivity contribution in [1.82, 2.24) is 19.6 Å². The van der Waals surface area contributed by atoms with Crippen LogP contribution in [-0.4, -0.2) is 31.4 Å². The van der Waals surface area contributed by atoms with E-state index >= 15 is 0 Å². The number of thiazole rings is 1. The quantitative estimate of drug-likeness (QED) is 0.457. The van der Waals surface area contributed by atoms with Gasteiger partial charge in [0.1, 0.15) is 10.6 Å². The molecule has 4 aromatic rings. The van der Waals surface area contributed by atoms with E-state index in [-0.39, 0.29) is 17.7 Å². The van der Waals surface area contributed by atoms with Crippen LogP contribution in [0.2, 0.25) is 0 Å². The number of aryl methyl sites for hydroxylation is 2. The standard InChI is InChI=1S/C22H20N6O3S/c1-12-20(32-13(2)23-12)22(30)24-15-4-3-5-16(10-15)31-19-9-8-18-25-17(11-28(18)27-19)26-21(29)14-6-7-14/h3-5,8-11,14H,6-7H2,1-2H3,(H,24,30)(H,26,29). The van der Waals surface area contributed by atoms with Crippen molar-refractivity contribution in [3.8, 4) is 11.6 Å². The molecule has 32 heavy (non-hydrogen) atoms. The van der Waals surface area contributed by atoms with Crippen LogP contribution in [0.5, 0.6) is 11.6 Å². The minimum Gasteiger partial charge on any atom is -0.438 e. The molecule has 0 unspecified atom stereocenters. The molecule has 2 N–H and O–H groups in total. The molecule has 1 aliphatic rings. The number of anilines is 2. The number of nitrogens with zero attached hydrogens (tertiary/aromatic N) is 4. The molecule has 5 rings (SSSR count). The molecule has 0 aliphatic heterocycles. The van der Waals surface area contributed by atoms with Crippen LogP contribution in [-0.2, 0) is 4.79 Å². The van der Waals surface area contributed by atoms with Crippen LogP contribution >= 0.6 is 11.3 Å². The maximum Gasteiger partial charge on any atom is 0.267 e. The van der Waals surface area contributed by atoms with Crippen molar-refractivity contribution in [2.75, 3.05) is 10.6 Å². The highest BCUT2D eigenvalue weighted by molar-refractivity contribution is 7.13. The molecule has 0 atom stereocenters. The van der Waals surface area contributed by atoms with Gasteiger partial charge in [-0.15, -0.1) is 16.4 Å². The molecule has 0 saturated heterocycles. The number of carbonyl (C=O) groups excluding carboxylic acids is 2. The predicted molar refractivity (Wildman–Crippen MR) is 120 cm³/mol. The average Bonchev–Trinajstić information content (AvgIpc) is 3.44. The van der Waals surface area contributed by atoms with Gasteiger partial charge in [-0.05, 0) is 44.9 Å². The second kappa shape index (κ2) is 8.04. The summed E-state index contributed by atoms with van der Waals surface area (Å²) in [4.78, 5) is 33.7. The van der Waals surface area contributed by atoms with Crippen LogP contribution in [0.3, 0.4) is 0 Å². The van der Waals surface area contributed by atoms with Gasteiger partial charge in [0.25, 0.3) is 5.91 Å². The molecule has 3 aromatic heterocycles. The Bertz CT molecular complexity index is 1340. The zero-order chi connectivity index (χ0) is 22.2. The van der Waals surface area contributed by atoms with Gasteiger partial charge in [-0.25, -0.2) is 14.5 Å². The molecule has 1 fully saturated rings. The lowest BCUT2D eigenvalue weighted by Crippen LogP contribution is -2.13. The molecule has 9 nitrogen and oxygen atoms in total. The lowest BCUT2D eigenvalue weighted by atomic mass is 10.3. The van der Waals surface area contributed by atoms with Crippen LogP contribution in [0.1, 0.15) is 33.2 Å². The first-order valence-electron chi connectivity index (χ1n) is 10.2. The summed E-state index contributed by atoms with van der Waals surface area (Å²) < 4.78 is 7.43. The number of amides is 2. The Morgan fingerprint density at radius 1 is 1.12 bits per heavy atom. The molecule has 0 spiro atoms. The Morgan fingerprint density at radius 2 is 1.97 bits per heavy atom. The maximum absolute atomic E-state index is 12.6. The van der Waals surface area contributed by atoms with Crippen molar-refractivity contribution in [3.05, 3.63) is 58.2 Å². The van der Waals surface area contributed by atoms with Crippen molar-refractivity contribution in [2.24, 2.45) is 5.92 Å². The van der Waals surface area contributed by atoms with Crippen molar-refractivity contribution in [3.63, 3.8) is 0 Å². The van der Waals surface area contributed by atoms with E-state index in [0.717, 1.165) is 17.8 Å². The number of ether oxygens (including phenoxy) is 1. The van der Waals surface area contributed by atoms with E-state index in [9.17, 15) is 9.59 Å². The van der Waals surface area contributed by atoms with Gasteiger partial charge < -0.3 is 15.4 Å². The third kappa shape index (κ3) is 4.30. The lowest BCUT2D eigenvalue weighted by molar-refractivity contribution is -0.117. The number of nitrogens with one attached hydrogen (secondary N) is 2. The van der Waals surface area contributed by atoms with Crippen LogP contribution in [0, 0.1) is 19.8 Å². The van der Waals surface area contributed by atoms with Crippen LogP contribution < -0.4 is 15.4 Å². The highest BCUT2D eigenvalue weighted by atomic mass is 32.1. The number of carbonyl (C=O) groups is 2. The van der Waals surface area contributed by atoms with E-state index in [0.29, 0.717) is 39.4 Å². The summed E-state index contributed by atoms with van der Waals surface area (Å²) in [6, 6.07) is 10.5. The van der Waals surface area contributed by atoms with E-state index in [2.05, 4.69) is 25.7 Å². The topological polar surface area (TPSA) is 111 Å². The third-order valence-corrected chi connectivity index (χ3v) is 5.99. The number of aromatic nitrogens is 4. The normalized spacial score (nSPS) is 13.2. The molecule has 1 saturated carbocycles. The molecule has 0 radical (unpaired) electrons. The SMILES string of the molecule is Cc1nc(C)c(C(=O)Nc2cccc(Oc3ccc4nc(NC(=O)C5CC5)cn4n3)c2)s1. The minimum absolute atomic E-state index is 0.00701. The number of rotatable bonds is 6. The van der Waals surface area contributed by atoms with Crippen molar-refractivity contribution >= 4 is 40.3 Å². The molecular weight excluding hydrogens is 428 g/mol. The summed E-state index contributed by atoms with van der Waals surface area (Å²) in [5.41, 5.74) is 1.91. The molecule has 1 aliphatic carbocycles. The van der Waals surface area contributed by atoms with Gasteiger partial charge in [-0.3, -0.25) is 9.59 Å². The third-order valence-electron chi connectivity index (χ3n) is 4.92. The summed E-state index contributed by atoms with van der Waals surface area (Å²) in [6.07, 6.45) is 3.51. The zero-order valence-electron chi connectivity index (χ0n) is 17.5. The van der Waals surface area contributed by atoms with Crippen molar-refractivity contribution in [2.45, 2.75) is 26.7 Å². The molecule has 0 bridgehead atoms. The number of benzene rings is 1. The Labute approximate surface area is 187 Å². The number of fused-ring (bicyclic) bond motifs is 1. The maximum atomic E-state index is 12.6. The summed E-state index contributed by atoms with van der Waals surface area (Å²) >= 11 is 1.36. The number of hydrogen-bond donors (Lipinski definition) is 2. The zero-order valence-corrected chi connectivity index (χ0v) is 18.3. The number of imidazole rings is 1. The summed E-state index contributed by atoms with van der Waals surface area (Å²) in [5, 5.41) is 10.9. The van der Waals surface area contributed by atoms with E-state index in [4.69, 9.17) is 4.74 Å². The highest BCUT2D eigenvalue weighted by Gasteiger charge is 2.30. The van der Waals surface area contributed by atoms with Crippen LogP contribution in [0.15, 0.2) is 42.6 Å². The summed E-state index contributed by atoms with van der Waals surface area (Å²) in [7, 11) is 0. The first-order chi connectivity index (χ1) is 15.4. The monoisotopic (exact) mass is 448 g/mol. The highest BCUT2D eigenvalue weighted by Crippen LogP contribution is 2.30. The second-order valence-corrected chi connectivity index (χ2v) is 8.80. The molecule has 1 aromatic carbocycles. The van der Waals surface area contributed by atoms with E-state index in [1.165, 1.54) is 11.3 Å². The van der Waals surface area contributed by atoms with Gasteiger partial charge in [-0.2, -0.15) is 0 Å². The van der Waals surface area contributed by atoms with Gasteiger partial charge in [0.15, 0.2) is 11.5 Å². The van der Waals surface area contributed by atoms with Gasteiger partial charge in [0.2, 0.25) is 11.8 Å². The molecular formula is C22H20N6O3S. The first kappa shape index (κ1) is 20.1. The summed E-state index contributed by atoms with van der Waals surface area (Å²) in [6.45, 7) is 3.69. The Kier molecular flexibility index (Phi) is 5.06. The average molecular weight is 449 g/mol.